The number of hydrogen-bond donors (Lipinski definition) is 1. The van der Waals surface area contributed by atoms with Gasteiger partial charge in [-0.3, -0.25) is 10.1 Å². The van der Waals surface area contributed by atoms with Crippen molar-refractivity contribution in [1.82, 2.24) is 9.21 Å². The van der Waals surface area contributed by atoms with Crippen molar-refractivity contribution < 1.29 is 13.3 Å². The zero-order chi connectivity index (χ0) is 21.8. The molecule has 1 aliphatic heterocycles. The van der Waals surface area contributed by atoms with Gasteiger partial charge in [0.05, 0.1) is 9.82 Å². The lowest BCUT2D eigenvalue weighted by Crippen LogP contribution is -2.37. The van der Waals surface area contributed by atoms with Crippen LogP contribution in [0, 0.1) is 15.5 Å². The molecule has 1 heterocycles. The number of hydrogen-bond acceptors (Lipinski definition) is 6. The second kappa shape index (κ2) is 9.40. The third kappa shape index (κ3) is 6.13. The standard InChI is InChI=1S/C20H34N4O4S/c1-20(2,3)19(11-14-22(4)5)21-17-10-9-16(15-18(17)24(25)26)29(27,28)23-12-7-6-8-13-23/h9-10,15,19,21H,6-8,11-14H2,1-5H3/t19-/m0/s1. The highest BCUT2D eigenvalue weighted by Gasteiger charge is 2.30. The molecule has 1 N–H and O–H groups in total. The largest absolute Gasteiger partial charge is 0.376 e. The second-order valence-corrected chi connectivity index (χ2v) is 11.0. The minimum Gasteiger partial charge on any atom is -0.376 e. The lowest BCUT2D eigenvalue weighted by atomic mass is 9.84. The Morgan fingerprint density at radius 2 is 1.83 bits per heavy atom. The van der Waals surface area contributed by atoms with Crippen molar-refractivity contribution in [2.45, 2.75) is 57.4 Å². The molecule has 0 bridgehead atoms. The number of piperidine rings is 1. The van der Waals surface area contributed by atoms with Crippen LogP contribution in [0.15, 0.2) is 23.1 Å². The molecule has 29 heavy (non-hydrogen) atoms. The molecule has 1 aromatic rings. The topological polar surface area (TPSA) is 95.8 Å². The SMILES string of the molecule is CN(C)CC[C@H](Nc1ccc(S(=O)(=O)N2CCCCC2)cc1[N+](=O)[O-])C(C)(C)C. The summed E-state index contributed by atoms with van der Waals surface area (Å²) in [6.07, 6.45) is 3.46. The van der Waals surface area contributed by atoms with Gasteiger partial charge in [-0.15, -0.1) is 0 Å². The number of rotatable bonds is 8. The third-order valence-electron chi connectivity index (χ3n) is 5.36. The zero-order valence-corrected chi connectivity index (χ0v) is 19.0. The summed E-state index contributed by atoms with van der Waals surface area (Å²) >= 11 is 0. The monoisotopic (exact) mass is 426 g/mol. The van der Waals surface area contributed by atoms with E-state index >= 15 is 0 Å². The summed E-state index contributed by atoms with van der Waals surface area (Å²) < 4.78 is 27.2. The molecule has 0 saturated carbocycles. The first-order chi connectivity index (χ1) is 13.4. The number of nitro groups is 1. The molecule has 0 unspecified atom stereocenters. The number of nitro benzene ring substituents is 1. The van der Waals surface area contributed by atoms with E-state index in [1.807, 2.05) is 14.1 Å². The molecular formula is C20H34N4O4S. The predicted molar refractivity (Wildman–Crippen MR) is 116 cm³/mol. The molecule has 1 aromatic carbocycles. The first-order valence-corrected chi connectivity index (χ1v) is 11.6. The van der Waals surface area contributed by atoms with Crippen molar-refractivity contribution >= 4 is 21.4 Å². The summed E-state index contributed by atoms with van der Waals surface area (Å²) in [7, 11) is 0.258. The minimum absolute atomic E-state index is 0.00634. The van der Waals surface area contributed by atoms with Crippen LogP contribution in [-0.2, 0) is 10.0 Å². The zero-order valence-electron chi connectivity index (χ0n) is 18.1. The highest BCUT2D eigenvalue weighted by Crippen LogP contribution is 2.33. The molecule has 0 radical (unpaired) electrons. The number of benzene rings is 1. The van der Waals surface area contributed by atoms with Crippen molar-refractivity contribution in [2.24, 2.45) is 5.41 Å². The Balaban J connectivity index is 2.34. The van der Waals surface area contributed by atoms with Gasteiger partial charge in [-0.2, -0.15) is 4.31 Å². The van der Waals surface area contributed by atoms with Crippen LogP contribution in [0.2, 0.25) is 0 Å². The van der Waals surface area contributed by atoms with Crippen molar-refractivity contribution in [3.05, 3.63) is 28.3 Å². The van der Waals surface area contributed by atoms with Gasteiger partial charge in [-0.1, -0.05) is 27.2 Å². The summed E-state index contributed by atoms with van der Waals surface area (Å²) in [5.41, 5.74) is 0.0241. The quantitative estimate of drug-likeness (QED) is 0.504. The van der Waals surface area contributed by atoms with Crippen molar-refractivity contribution in [3.8, 4) is 0 Å². The molecule has 0 aromatic heterocycles. The van der Waals surface area contributed by atoms with Gasteiger partial charge in [0.25, 0.3) is 5.69 Å². The molecule has 1 atom stereocenters. The maximum Gasteiger partial charge on any atom is 0.293 e. The van der Waals surface area contributed by atoms with Gasteiger partial charge in [-0.25, -0.2) is 8.42 Å². The van der Waals surface area contributed by atoms with Gasteiger partial charge < -0.3 is 10.2 Å². The lowest BCUT2D eigenvalue weighted by Gasteiger charge is -2.33. The van der Waals surface area contributed by atoms with Gasteiger partial charge in [-0.05, 0) is 57.5 Å². The summed E-state index contributed by atoms with van der Waals surface area (Å²) in [6, 6.07) is 4.19. The normalized spacial score (nSPS) is 17.3. The average Bonchev–Trinajstić information content (AvgIpc) is 2.64. The van der Waals surface area contributed by atoms with E-state index in [0.29, 0.717) is 18.8 Å². The van der Waals surface area contributed by atoms with E-state index in [2.05, 4.69) is 31.0 Å². The summed E-state index contributed by atoms with van der Waals surface area (Å²) in [5, 5.41) is 15.0. The van der Waals surface area contributed by atoms with Crippen molar-refractivity contribution in [1.29, 1.82) is 0 Å². The Hall–Kier alpha value is -1.71. The van der Waals surface area contributed by atoms with Crippen LogP contribution in [0.5, 0.6) is 0 Å². The fourth-order valence-corrected chi connectivity index (χ4v) is 5.03. The lowest BCUT2D eigenvalue weighted by molar-refractivity contribution is -0.384. The Kier molecular flexibility index (Phi) is 7.64. The molecule has 164 valence electrons. The Labute approximate surface area is 174 Å². The Morgan fingerprint density at radius 1 is 1.21 bits per heavy atom. The van der Waals surface area contributed by atoms with Crippen molar-refractivity contribution in [3.63, 3.8) is 0 Å². The minimum atomic E-state index is -3.72. The number of nitrogens with one attached hydrogen (secondary N) is 1. The number of nitrogens with zero attached hydrogens (tertiary/aromatic N) is 3. The first-order valence-electron chi connectivity index (χ1n) is 10.1. The molecule has 1 fully saturated rings. The molecular weight excluding hydrogens is 392 g/mol. The smallest absolute Gasteiger partial charge is 0.293 e. The molecule has 0 amide bonds. The third-order valence-corrected chi connectivity index (χ3v) is 7.25. The fourth-order valence-electron chi connectivity index (χ4n) is 3.50. The number of sulfonamides is 1. The number of anilines is 1. The van der Waals surface area contributed by atoms with Crippen LogP contribution in [-0.4, -0.2) is 62.3 Å². The predicted octanol–water partition coefficient (Wildman–Crippen LogP) is 3.55. The van der Waals surface area contributed by atoms with Crippen LogP contribution in [0.3, 0.4) is 0 Å². The van der Waals surface area contributed by atoms with E-state index in [9.17, 15) is 18.5 Å². The van der Waals surface area contributed by atoms with Gasteiger partial charge in [0.1, 0.15) is 5.69 Å². The van der Waals surface area contributed by atoms with Crippen LogP contribution >= 0.6 is 0 Å². The summed E-state index contributed by atoms with van der Waals surface area (Å²) in [6.45, 7) is 8.02. The highest BCUT2D eigenvalue weighted by molar-refractivity contribution is 7.89. The molecule has 0 aliphatic carbocycles. The van der Waals surface area contributed by atoms with Gasteiger partial charge in [0.15, 0.2) is 0 Å². The average molecular weight is 427 g/mol. The molecule has 2 rings (SSSR count). The Morgan fingerprint density at radius 3 is 2.34 bits per heavy atom. The summed E-state index contributed by atoms with van der Waals surface area (Å²) in [5.74, 6) is 0. The van der Waals surface area contributed by atoms with E-state index in [4.69, 9.17) is 0 Å². The van der Waals surface area contributed by atoms with E-state index in [0.717, 1.165) is 32.2 Å². The molecule has 9 heteroatoms. The van der Waals surface area contributed by atoms with Crippen LogP contribution in [0.4, 0.5) is 11.4 Å². The van der Waals surface area contributed by atoms with Gasteiger partial charge >= 0.3 is 0 Å². The van der Waals surface area contributed by atoms with E-state index < -0.39 is 14.9 Å². The summed E-state index contributed by atoms with van der Waals surface area (Å²) in [4.78, 5) is 13.3. The Bertz CT molecular complexity index is 812. The molecule has 8 nitrogen and oxygen atoms in total. The fraction of sp³-hybridized carbons (Fsp3) is 0.700. The van der Waals surface area contributed by atoms with E-state index in [-0.39, 0.29) is 22.0 Å². The maximum absolute atomic E-state index is 12.9. The van der Waals surface area contributed by atoms with Gasteiger partial charge in [0.2, 0.25) is 10.0 Å². The highest BCUT2D eigenvalue weighted by atomic mass is 32.2. The molecule has 1 saturated heterocycles. The van der Waals surface area contributed by atoms with E-state index in [1.165, 1.54) is 22.5 Å². The van der Waals surface area contributed by atoms with E-state index in [1.54, 1.807) is 0 Å². The maximum atomic E-state index is 12.9. The second-order valence-electron chi connectivity index (χ2n) is 9.06. The van der Waals surface area contributed by atoms with Crippen LogP contribution in [0.1, 0.15) is 46.5 Å². The van der Waals surface area contributed by atoms with Crippen molar-refractivity contribution in [2.75, 3.05) is 39.0 Å². The first kappa shape index (κ1) is 23.6. The van der Waals surface area contributed by atoms with Crippen LogP contribution in [0.25, 0.3) is 0 Å². The molecule has 1 aliphatic rings. The van der Waals surface area contributed by atoms with Crippen LogP contribution < -0.4 is 5.32 Å². The van der Waals surface area contributed by atoms with Gasteiger partial charge in [0, 0.05) is 25.2 Å². The molecule has 0 spiro atoms.